The molecule has 1 saturated heterocycles. The monoisotopic (exact) mass is 267 g/mol. The number of likely N-dealkylation sites (N-methyl/N-ethyl adjacent to an activating group) is 1. The predicted octanol–water partition coefficient (Wildman–Crippen LogP) is 1.46. The number of amides is 1. The molecule has 19 heavy (non-hydrogen) atoms. The van der Waals surface area contributed by atoms with Gasteiger partial charge in [-0.25, -0.2) is 0 Å². The normalized spacial score (nSPS) is 20.6. The Labute approximate surface area is 117 Å². The summed E-state index contributed by atoms with van der Waals surface area (Å²) < 4.78 is 0. The molecule has 0 spiro atoms. The zero-order chi connectivity index (χ0) is 13.5. The maximum absolute atomic E-state index is 12.1. The van der Waals surface area contributed by atoms with Crippen LogP contribution in [0.2, 0.25) is 0 Å². The Hall–Kier alpha value is -0.610. The van der Waals surface area contributed by atoms with Crippen LogP contribution in [0.15, 0.2) is 0 Å². The zero-order valence-electron chi connectivity index (χ0n) is 12.4. The number of nitrogens with zero attached hydrogens (tertiary/aromatic N) is 2. The molecule has 0 atom stereocenters. The molecule has 110 valence electrons. The van der Waals surface area contributed by atoms with Gasteiger partial charge < -0.3 is 10.2 Å². The first-order valence-corrected chi connectivity index (χ1v) is 8.04. The molecule has 0 aromatic heterocycles. The molecule has 1 saturated carbocycles. The van der Waals surface area contributed by atoms with E-state index in [1.807, 2.05) is 4.90 Å². The highest BCUT2D eigenvalue weighted by Crippen LogP contribution is 2.25. The second-order valence-electron chi connectivity index (χ2n) is 5.83. The zero-order valence-corrected chi connectivity index (χ0v) is 12.4. The standard InChI is InChI=1S/C15H29N3O/c1-2-17(14-7-8-14)12-9-16-13-15(19)18-10-5-3-4-6-11-18/h14,16H,2-13H2,1H3. The van der Waals surface area contributed by atoms with Gasteiger partial charge in [-0.3, -0.25) is 9.69 Å². The van der Waals surface area contributed by atoms with Crippen molar-refractivity contribution in [2.45, 2.75) is 51.5 Å². The minimum Gasteiger partial charge on any atom is -0.342 e. The number of likely N-dealkylation sites (tertiary alicyclic amines) is 1. The summed E-state index contributed by atoms with van der Waals surface area (Å²) in [4.78, 5) is 16.6. The molecule has 0 aromatic rings. The van der Waals surface area contributed by atoms with E-state index in [1.54, 1.807) is 0 Å². The van der Waals surface area contributed by atoms with Crippen LogP contribution in [-0.2, 0) is 4.79 Å². The molecule has 2 aliphatic rings. The summed E-state index contributed by atoms with van der Waals surface area (Å²) in [6, 6.07) is 0.827. The van der Waals surface area contributed by atoms with E-state index < -0.39 is 0 Å². The summed E-state index contributed by atoms with van der Waals surface area (Å²) >= 11 is 0. The Morgan fingerprint density at radius 1 is 1.21 bits per heavy atom. The van der Waals surface area contributed by atoms with Crippen molar-refractivity contribution in [2.24, 2.45) is 0 Å². The van der Waals surface area contributed by atoms with E-state index in [-0.39, 0.29) is 5.91 Å². The first-order chi connectivity index (χ1) is 9.31. The SMILES string of the molecule is CCN(CCNCC(=O)N1CCCCCC1)C1CC1. The minimum absolute atomic E-state index is 0.288. The summed E-state index contributed by atoms with van der Waals surface area (Å²) in [7, 11) is 0. The van der Waals surface area contributed by atoms with E-state index >= 15 is 0 Å². The number of nitrogens with one attached hydrogen (secondary N) is 1. The summed E-state index contributed by atoms with van der Waals surface area (Å²) in [5, 5.41) is 3.32. The Bertz CT molecular complexity index is 271. The van der Waals surface area contributed by atoms with Crippen molar-refractivity contribution in [1.82, 2.24) is 15.1 Å². The molecule has 4 nitrogen and oxygen atoms in total. The maximum atomic E-state index is 12.1. The highest BCUT2D eigenvalue weighted by atomic mass is 16.2. The van der Waals surface area contributed by atoms with Gasteiger partial charge in [0.05, 0.1) is 6.54 Å². The highest BCUT2D eigenvalue weighted by Gasteiger charge is 2.27. The topological polar surface area (TPSA) is 35.6 Å². The van der Waals surface area contributed by atoms with Gasteiger partial charge in [0, 0.05) is 32.2 Å². The Balaban J connectivity index is 1.57. The third kappa shape index (κ3) is 5.11. The van der Waals surface area contributed by atoms with Gasteiger partial charge in [-0.1, -0.05) is 19.8 Å². The molecule has 1 heterocycles. The Morgan fingerprint density at radius 2 is 1.89 bits per heavy atom. The smallest absolute Gasteiger partial charge is 0.236 e. The Morgan fingerprint density at radius 3 is 2.47 bits per heavy atom. The number of hydrogen-bond acceptors (Lipinski definition) is 3. The molecule has 1 aliphatic heterocycles. The van der Waals surface area contributed by atoms with Gasteiger partial charge in [-0.05, 0) is 32.2 Å². The number of carbonyl (C=O) groups is 1. The molecule has 4 heteroatoms. The largest absolute Gasteiger partial charge is 0.342 e. The lowest BCUT2D eigenvalue weighted by molar-refractivity contribution is -0.130. The van der Waals surface area contributed by atoms with Crippen LogP contribution in [0.3, 0.4) is 0 Å². The lowest BCUT2D eigenvalue weighted by Crippen LogP contribution is -2.41. The summed E-state index contributed by atoms with van der Waals surface area (Å²) in [5.41, 5.74) is 0. The second kappa shape index (κ2) is 7.85. The maximum Gasteiger partial charge on any atom is 0.236 e. The lowest BCUT2D eigenvalue weighted by Gasteiger charge is -2.22. The van der Waals surface area contributed by atoms with Crippen LogP contribution >= 0.6 is 0 Å². The van der Waals surface area contributed by atoms with E-state index in [1.165, 1.54) is 38.5 Å². The molecule has 0 aromatic carbocycles. The van der Waals surface area contributed by atoms with Crippen LogP contribution in [0.25, 0.3) is 0 Å². The fourth-order valence-corrected chi connectivity index (χ4v) is 2.89. The van der Waals surface area contributed by atoms with Crippen LogP contribution < -0.4 is 5.32 Å². The van der Waals surface area contributed by atoms with Crippen LogP contribution in [0.4, 0.5) is 0 Å². The van der Waals surface area contributed by atoms with Crippen LogP contribution in [-0.4, -0.2) is 61.0 Å². The first kappa shape index (κ1) is 14.8. The molecule has 0 unspecified atom stereocenters. The average Bonchev–Trinajstić information content (AvgIpc) is 3.25. The fourth-order valence-electron chi connectivity index (χ4n) is 2.89. The molecule has 1 N–H and O–H groups in total. The Kier molecular flexibility index (Phi) is 6.11. The van der Waals surface area contributed by atoms with Crippen molar-refractivity contribution in [3.8, 4) is 0 Å². The highest BCUT2D eigenvalue weighted by molar-refractivity contribution is 5.78. The number of rotatable bonds is 7. The van der Waals surface area contributed by atoms with E-state index in [0.717, 1.165) is 38.8 Å². The molecule has 0 bridgehead atoms. The van der Waals surface area contributed by atoms with Crippen LogP contribution in [0.1, 0.15) is 45.4 Å². The minimum atomic E-state index is 0.288. The molecule has 0 radical (unpaired) electrons. The van der Waals surface area contributed by atoms with E-state index in [0.29, 0.717) is 6.54 Å². The van der Waals surface area contributed by atoms with Gasteiger partial charge >= 0.3 is 0 Å². The number of carbonyl (C=O) groups excluding carboxylic acids is 1. The molecular formula is C15H29N3O. The third-order valence-corrected chi connectivity index (χ3v) is 4.28. The number of hydrogen-bond donors (Lipinski definition) is 1. The van der Waals surface area contributed by atoms with Gasteiger partial charge in [0.2, 0.25) is 5.91 Å². The predicted molar refractivity (Wildman–Crippen MR) is 78.2 cm³/mol. The van der Waals surface area contributed by atoms with Crippen molar-refractivity contribution >= 4 is 5.91 Å². The summed E-state index contributed by atoms with van der Waals surface area (Å²) in [6.45, 7) is 7.81. The van der Waals surface area contributed by atoms with Crippen molar-refractivity contribution < 1.29 is 4.79 Å². The van der Waals surface area contributed by atoms with Crippen LogP contribution in [0.5, 0.6) is 0 Å². The van der Waals surface area contributed by atoms with Gasteiger partial charge in [0.1, 0.15) is 0 Å². The quantitative estimate of drug-likeness (QED) is 0.709. The van der Waals surface area contributed by atoms with Gasteiger partial charge in [0.25, 0.3) is 0 Å². The molecule has 1 aliphatic carbocycles. The molecule has 2 rings (SSSR count). The van der Waals surface area contributed by atoms with Crippen molar-refractivity contribution in [2.75, 3.05) is 39.3 Å². The van der Waals surface area contributed by atoms with E-state index in [9.17, 15) is 4.79 Å². The van der Waals surface area contributed by atoms with Crippen molar-refractivity contribution in [1.29, 1.82) is 0 Å². The first-order valence-electron chi connectivity index (χ1n) is 8.04. The van der Waals surface area contributed by atoms with Crippen molar-refractivity contribution in [3.63, 3.8) is 0 Å². The fraction of sp³-hybridized carbons (Fsp3) is 0.933. The van der Waals surface area contributed by atoms with E-state index in [4.69, 9.17) is 0 Å². The lowest BCUT2D eigenvalue weighted by atomic mass is 10.2. The second-order valence-corrected chi connectivity index (χ2v) is 5.83. The van der Waals surface area contributed by atoms with Gasteiger partial charge in [0.15, 0.2) is 0 Å². The van der Waals surface area contributed by atoms with Gasteiger partial charge in [-0.2, -0.15) is 0 Å². The average molecular weight is 267 g/mol. The van der Waals surface area contributed by atoms with E-state index in [2.05, 4.69) is 17.1 Å². The van der Waals surface area contributed by atoms with Crippen LogP contribution in [0, 0.1) is 0 Å². The molecule has 1 amide bonds. The van der Waals surface area contributed by atoms with Crippen molar-refractivity contribution in [3.05, 3.63) is 0 Å². The third-order valence-electron chi connectivity index (χ3n) is 4.28. The summed E-state index contributed by atoms with van der Waals surface area (Å²) in [6.07, 6.45) is 7.64. The van der Waals surface area contributed by atoms with Gasteiger partial charge in [-0.15, -0.1) is 0 Å². The molecule has 2 fully saturated rings. The summed E-state index contributed by atoms with van der Waals surface area (Å²) in [5.74, 6) is 0.288. The molecular weight excluding hydrogens is 238 g/mol.